The van der Waals surface area contributed by atoms with Crippen LogP contribution in [0.25, 0.3) is 56.2 Å². The molecular weight excluding hydrogens is 1230 g/mol. The predicted molar refractivity (Wildman–Crippen MR) is 262 cm³/mol. The second-order valence-electron chi connectivity index (χ2n) is 17.2. The van der Waals surface area contributed by atoms with Crippen molar-refractivity contribution in [2.75, 3.05) is 36.0 Å². The number of ether oxygens (including phenoxy) is 2. The van der Waals surface area contributed by atoms with Crippen LogP contribution in [0, 0.1) is 36.9 Å². The number of rotatable bonds is 11. The van der Waals surface area contributed by atoms with Crippen LogP contribution in [0.3, 0.4) is 0 Å². The smallest absolute Gasteiger partial charge is 0.268 e. The van der Waals surface area contributed by atoms with Crippen LogP contribution in [0.2, 0.25) is 0 Å². The number of benzene rings is 6. The van der Waals surface area contributed by atoms with Crippen molar-refractivity contribution in [3.63, 3.8) is 0 Å². The fourth-order valence-electron chi connectivity index (χ4n) is 9.38. The van der Waals surface area contributed by atoms with Crippen molar-refractivity contribution in [2.45, 2.75) is 38.5 Å². The summed E-state index contributed by atoms with van der Waals surface area (Å²) in [5, 5.41) is 0. The molecule has 10 nitrogen and oxygen atoms in total. The second-order valence-corrected chi connectivity index (χ2v) is 17.2. The van der Waals surface area contributed by atoms with Crippen molar-refractivity contribution in [1.29, 1.82) is 0 Å². The molecule has 0 unspecified atom stereocenters. The number of aromatic nitrogens is 6. The average molecular weight is 1280 g/mol. The molecule has 12 rings (SSSR count). The number of para-hydroxylation sites is 4. The number of imidazole rings is 2. The van der Waals surface area contributed by atoms with Crippen LogP contribution >= 0.6 is 0 Å². The molecule has 0 atom stereocenters. The molecular formula is C58H46N8O2Pt2-4. The van der Waals surface area contributed by atoms with E-state index in [0.29, 0.717) is 34.4 Å². The molecule has 70 heavy (non-hydrogen) atoms. The molecule has 4 aromatic heterocycles. The van der Waals surface area contributed by atoms with E-state index in [1.54, 1.807) is 24.5 Å². The van der Waals surface area contributed by atoms with Crippen LogP contribution in [-0.4, -0.2) is 45.3 Å². The summed E-state index contributed by atoms with van der Waals surface area (Å²) in [7, 11) is 0. The molecule has 2 fully saturated rings. The first kappa shape index (κ1) is 46.8. The maximum absolute atomic E-state index is 6.37. The SMILES string of the molecule is [Pt].[Pt].[c-]1c(Oc2[c-]c(-c3[c-]c(Oc4[c-]c(-[n+]5[c-]n(-c6ccc(N7CCCCC7)cc6)c6ccccc65)ccc4)ccn3)ncc2)cccc1-[n+]1[c-]n(-c2ccc(N3CCCCC3)cc2)c2ccccc21. The second kappa shape index (κ2) is 21.0. The summed E-state index contributed by atoms with van der Waals surface area (Å²) in [6.07, 6.45) is 18.1. The number of hydrogen-bond donors (Lipinski definition) is 0. The van der Waals surface area contributed by atoms with Gasteiger partial charge in [-0.15, -0.1) is 47.8 Å². The maximum atomic E-state index is 6.37. The van der Waals surface area contributed by atoms with E-state index in [9.17, 15) is 0 Å². The van der Waals surface area contributed by atoms with Gasteiger partial charge >= 0.3 is 0 Å². The topological polar surface area (TPSA) is 68.3 Å². The van der Waals surface area contributed by atoms with Gasteiger partial charge in [0.05, 0.1) is 33.4 Å². The van der Waals surface area contributed by atoms with Gasteiger partial charge in [0.25, 0.3) is 12.7 Å². The van der Waals surface area contributed by atoms with Crippen molar-refractivity contribution >= 4 is 33.4 Å². The number of pyridine rings is 2. The largest absolute Gasteiger partial charge is 0.511 e. The number of nitrogens with zero attached hydrogens (tertiary/aromatic N) is 8. The Labute approximate surface area is 436 Å². The number of hydrogen-bond acceptors (Lipinski definition) is 6. The molecule has 0 N–H and O–H groups in total. The number of anilines is 2. The summed E-state index contributed by atoms with van der Waals surface area (Å²) in [6.45, 7) is 4.45. The van der Waals surface area contributed by atoms with Gasteiger partial charge in [-0.05, 0) is 111 Å². The van der Waals surface area contributed by atoms with Crippen LogP contribution in [0.15, 0.2) is 158 Å². The molecule has 0 radical (unpaired) electrons. The zero-order valence-corrected chi connectivity index (χ0v) is 42.7. The zero-order chi connectivity index (χ0) is 45.2. The number of fused-ring (bicyclic) bond motifs is 2. The van der Waals surface area contributed by atoms with Crippen LogP contribution in [0.1, 0.15) is 38.5 Å². The van der Waals surface area contributed by atoms with Gasteiger partial charge in [-0.3, -0.25) is 9.13 Å². The molecule has 0 saturated carbocycles. The third kappa shape index (κ3) is 9.68. The minimum atomic E-state index is 0. The summed E-state index contributed by atoms with van der Waals surface area (Å²) in [4.78, 5) is 14.1. The van der Waals surface area contributed by atoms with Gasteiger partial charge in [-0.25, -0.2) is 0 Å². The minimum absolute atomic E-state index is 0. The molecule has 0 spiro atoms. The van der Waals surface area contributed by atoms with Gasteiger partial charge in [0.1, 0.15) is 0 Å². The summed E-state index contributed by atoms with van der Waals surface area (Å²) < 4.78 is 21.0. The first-order chi connectivity index (χ1) is 33.7. The Bertz CT molecular complexity index is 3170. The number of piperidine rings is 2. The molecule has 6 aromatic carbocycles. The average Bonchev–Trinajstić information content (AvgIpc) is 4.00. The maximum Gasteiger partial charge on any atom is 0.268 e. The molecule has 0 amide bonds. The van der Waals surface area contributed by atoms with Crippen molar-refractivity contribution < 1.29 is 60.7 Å². The standard InChI is InChI=1S/C58H46N8O2.2Pt/c1-7-33-61(34-8-1)43-21-25-45(26-22-43)63-41-65(57-19-5-3-17-55(57)63)47-13-11-15-49(37-47)67-51-29-31-59-53(39-51)54-40-52(30-32-60-54)68-50-16-12-14-48(38-50)66-42-64(56-18-4-6-20-58(56)66)46-27-23-44(24-28-46)62-35-9-2-10-36-62;;/h3-6,11-32H,1-2,7-10,33-36H2;;/q-4;;. The van der Waals surface area contributed by atoms with E-state index >= 15 is 0 Å². The van der Waals surface area contributed by atoms with Gasteiger partial charge in [0, 0.05) is 103 Å². The van der Waals surface area contributed by atoms with Crippen molar-refractivity contribution in [2.24, 2.45) is 0 Å². The van der Waals surface area contributed by atoms with Gasteiger partial charge < -0.3 is 38.4 Å². The Kier molecular flexibility index (Phi) is 14.1. The first-order valence-corrected chi connectivity index (χ1v) is 23.5. The molecule has 6 heterocycles. The van der Waals surface area contributed by atoms with E-state index in [0.717, 1.165) is 71.0 Å². The molecule has 10 aromatic rings. The molecule has 2 aliphatic heterocycles. The summed E-state index contributed by atoms with van der Waals surface area (Å²) in [6, 6.07) is 62.9. The van der Waals surface area contributed by atoms with E-state index in [2.05, 4.69) is 151 Å². The molecule has 354 valence electrons. The van der Waals surface area contributed by atoms with Crippen molar-refractivity contribution in [1.82, 2.24) is 19.1 Å². The third-order valence-corrected chi connectivity index (χ3v) is 12.8. The first-order valence-electron chi connectivity index (χ1n) is 23.5. The minimum Gasteiger partial charge on any atom is -0.511 e. The molecule has 0 bridgehead atoms. The van der Waals surface area contributed by atoms with Gasteiger partial charge in [0.2, 0.25) is 0 Å². The van der Waals surface area contributed by atoms with Gasteiger partial charge in [-0.2, -0.15) is 36.4 Å². The van der Waals surface area contributed by atoms with E-state index < -0.39 is 0 Å². The third-order valence-electron chi connectivity index (χ3n) is 12.8. The summed E-state index contributed by atoms with van der Waals surface area (Å²) in [5.41, 5.74) is 11.2. The Balaban J connectivity index is 0.00000284. The monoisotopic (exact) mass is 1280 g/mol. The predicted octanol–water partition coefficient (Wildman–Crippen LogP) is 10.9. The van der Waals surface area contributed by atoms with Crippen LogP contribution in [-0.2, 0) is 42.1 Å². The van der Waals surface area contributed by atoms with Crippen LogP contribution < -0.4 is 28.4 Å². The fourth-order valence-corrected chi connectivity index (χ4v) is 9.38. The van der Waals surface area contributed by atoms with Crippen LogP contribution in [0.4, 0.5) is 11.4 Å². The molecule has 2 aliphatic rings. The molecule has 12 heteroatoms. The Hall–Kier alpha value is -6.86. The van der Waals surface area contributed by atoms with E-state index in [1.807, 2.05) is 57.7 Å². The Morgan fingerprint density at radius 2 is 0.771 bits per heavy atom. The van der Waals surface area contributed by atoms with E-state index in [1.165, 1.54) is 49.9 Å². The van der Waals surface area contributed by atoms with Gasteiger partial charge in [-0.1, -0.05) is 48.5 Å². The summed E-state index contributed by atoms with van der Waals surface area (Å²) >= 11 is 0. The van der Waals surface area contributed by atoms with Crippen molar-refractivity contribution in [3.8, 4) is 57.1 Å². The zero-order valence-electron chi connectivity index (χ0n) is 38.1. The van der Waals surface area contributed by atoms with E-state index in [-0.39, 0.29) is 42.1 Å². The fraction of sp³-hybridized carbons (Fsp3) is 0.172. The van der Waals surface area contributed by atoms with Crippen LogP contribution in [0.5, 0.6) is 23.0 Å². The van der Waals surface area contributed by atoms with Crippen molar-refractivity contribution in [3.05, 3.63) is 195 Å². The van der Waals surface area contributed by atoms with E-state index in [4.69, 9.17) is 9.47 Å². The Morgan fingerprint density at radius 3 is 1.20 bits per heavy atom. The molecule has 2 saturated heterocycles. The normalized spacial score (nSPS) is 13.7. The Morgan fingerprint density at radius 1 is 0.386 bits per heavy atom. The van der Waals surface area contributed by atoms with Gasteiger partial charge in [0.15, 0.2) is 0 Å². The quantitative estimate of drug-likeness (QED) is 0.0950. The molecule has 0 aliphatic carbocycles. The summed E-state index contributed by atoms with van der Waals surface area (Å²) in [5.74, 6) is 1.96.